The maximum atomic E-state index is 16.1. The number of benzene rings is 3. The molecule has 3 aromatic carbocycles. The van der Waals surface area contributed by atoms with Crippen LogP contribution in [-0.2, 0) is 68.6 Å². The van der Waals surface area contributed by atoms with Gasteiger partial charge in [0.05, 0.1) is 23.7 Å². The molecule has 29 heteroatoms. The number of urea groups is 1. The fourth-order valence-corrected chi connectivity index (χ4v) is 14.6. The average Bonchev–Trinajstić information content (AvgIpc) is 0.668. The first-order valence-corrected chi connectivity index (χ1v) is 35.0. The van der Waals surface area contributed by atoms with Crippen LogP contribution in [0.4, 0.5) is 24.9 Å². The summed E-state index contributed by atoms with van der Waals surface area (Å²) in [7, 11) is 2.80. The van der Waals surface area contributed by atoms with E-state index in [2.05, 4.69) is 26.6 Å². The second-order valence-corrected chi connectivity index (χ2v) is 29.8. The predicted octanol–water partition coefficient (Wildman–Crippen LogP) is 6.29. The molecule has 3 aliphatic carbocycles. The lowest BCUT2D eigenvalue weighted by atomic mass is 9.41. The minimum Gasteiger partial charge on any atom is -0.456 e. The van der Waals surface area contributed by atoms with E-state index in [1.807, 2.05) is 0 Å². The third-order valence-electron chi connectivity index (χ3n) is 20.4. The summed E-state index contributed by atoms with van der Waals surface area (Å²) in [6.45, 7) is 18.2. The standard InChI is InChI=1S/C75H102N8O21/c1-41(2)51(85)31-32-56(87)80-58(42(3)4)65(92)79-50(26-21-33-77-67(76)94)64(91)78-48-29-27-45(28-30-48)39-99-69(96)82(13)34-35-83(14)70(97)102-54-37-55-74(40-100-55,103-44(6)84)62-49(36-52(86)46-22-17-15-18-23-46)75(98)38-53(43(5)57(72(75,10)11)60(88)63(90)73(54,62)12)101-66(93)61(89)59(47-24-19-16-20-25-47)81-68(95)104-71(7,8)9/h15-20,22-25,27-30,41-42,49-50,53-55,58-62,88-89,98H,21,26,31-40H2,1-14H3,(H,78,91)(H,79,92)(H,80,87)(H,81,95)(H3,76,77,94)/t49-,50-,53-,54-,55+,58-,59-,60+,61+,62-,73+,74-,75+/m0/s1. The monoisotopic (exact) mass is 1450 g/mol. The molecule has 7 rings (SSSR count). The lowest BCUT2D eigenvalue weighted by Gasteiger charge is -2.68. The zero-order chi connectivity index (χ0) is 77.1. The highest BCUT2D eigenvalue weighted by atomic mass is 16.6. The molecule has 1 aliphatic heterocycles. The number of carbonyl (C=O) groups is 12. The van der Waals surface area contributed by atoms with Gasteiger partial charge in [0.1, 0.15) is 54.5 Å². The van der Waals surface area contributed by atoms with E-state index < -0.39 is 172 Å². The number of nitrogens with two attached hydrogens (primary N) is 1. The van der Waals surface area contributed by atoms with Gasteiger partial charge in [-0.25, -0.2) is 24.0 Å². The van der Waals surface area contributed by atoms with E-state index in [4.69, 9.17) is 34.2 Å². The molecule has 0 spiro atoms. The summed E-state index contributed by atoms with van der Waals surface area (Å²) in [5.74, 6) is -9.18. The smallest absolute Gasteiger partial charge is 0.409 e. The van der Waals surface area contributed by atoms with Gasteiger partial charge in [0.25, 0.3) is 0 Å². The molecule has 2 bridgehead atoms. The normalized spacial score (nSPS) is 24.3. The minimum atomic E-state index is -2.33. The molecule has 2 saturated carbocycles. The maximum Gasteiger partial charge on any atom is 0.409 e. The molecule has 3 fully saturated rings. The van der Waals surface area contributed by atoms with Crippen molar-refractivity contribution in [2.45, 2.75) is 200 Å². The number of anilines is 1. The molecule has 0 aromatic heterocycles. The number of fused-ring (bicyclic) bond motifs is 5. The largest absolute Gasteiger partial charge is 0.456 e. The Morgan fingerprint density at radius 1 is 0.798 bits per heavy atom. The number of nitrogens with zero attached hydrogens (tertiary/aromatic N) is 2. The predicted molar refractivity (Wildman–Crippen MR) is 376 cm³/mol. The highest BCUT2D eigenvalue weighted by molar-refractivity contribution is 5.99. The van der Waals surface area contributed by atoms with E-state index in [1.54, 1.807) is 147 Å². The zero-order valence-corrected chi connectivity index (χ0v) is 61.7. The Bertz CT molecular complexity index is 3690. The number of carbonyl (C=O) groups excluding carboxylic acids is 12. The first kappa shape index (κ1) is 82.0. The van der Waals surface area contributed by atoms with E-state index in [1.165, 1.54) is 32.8 Å². The van der Waals surface area contributed by atoms with Gasteiger partial charge < -0.3 is 85.9 Å². The first-order chi connectivity index (χ1) is 48.7. The molecular formula is C75H102N8O21. The highest BCUT2D eigenvalue weighted by Gasteiger charge is 2.77. The molecule has 4 aliphatic rings. The number of Topliss-reactive ketones (excluding diaryl/α,β-unsaturated/α-hetero) is 3. The number of hydrogen-bond donors (Lipinski definition) is 9. The van der Waals surface area contributed by atoms with Crippen molar-refractivity contribution in [2.24, 2.45) is 40.2 Å². The summed E-state index contributed by atoms with van der Waals surface area (Å²) < 4.78 is 36.1. The van der Waals surface area contributed by atoms with Gasteiger partial charge in [-0.1, -0.05) is 114 Å². The number of amides is 8. The number of rotatable bonds is 29. The van der Waals surface area contributed by atoms with Gasteiger partial charge in [-0.3, -0.25) is 33.6 Å². The van der Waals surface area contributed by atoms with E-state index in [-0.39, 0.29) is 98.9 Å². The van der Waals surface area contributed by atoms with Crippen molar-refractivity contribution in [3.63, 3.8) is 0 Å². The number of aliphatic hydroxyl groups is 3. The Labute approximate surface area is 605 Å². The van der Waals surface area contributed by atoms with Gasteiger partial charge in [-0.15, -0.1) is 0 Å². The second-order valence-electron chi connectivity index (χ2n) is 29.8. The number of aliphatic hydroxyl groups excluding tert-OH is 2. The Morgan fingerprint density at radius 3 is 1.98 bits per heavy atom. The van der Waals surface area contributed by atoms with Crippen molar-refractivity contribution >= 4 is 77.0 Å². The Hall–Kier alpha value is -9.32. The van der Waals surface area contributed by atoms with Gasteiger partial charge in [-0.2, -0.15) is 0 Å². The number of primary amides is 1. The molecular weight excluding hydrogens is 1350 g/mol. The first-order valence-electron chi connectivity index (χ1n) is 35.0. The third kappa shape index (κ3) is 19.0. The van der Waals surface area contributed by atoms with Crippen molar-refractivity contribution < 1.29 is 101 Å². The summed E-state index contributed by atoms with van der Waals surface area (Å²) >= 11 is 0. The minimum absolute atomic E-state index is 0.00135. The van der Waals surface area contributed by atoms with E-state index in [0.717, 1.165) is 11.8 Å². The lowest BCUT2D eigenvalue weighted by molar-refractivity contribution is -0.339. The molecule has 1 saturated heterocycles. The van der Waals surface area contributed by atoms with Crippen LogP contribution in [0.2, 0.25) is 0 Å². The zero-order valence-electron chi connectivity index (χ0n) is 61.7. The summed E-state index contributed by atoms with van der Waals surface area (Å²) in [6, 6.07) is 18.0. The molecule has 29 nitrogen and oxygen atoms in total. The van der Waals surface area contributed by atoms with Crippen molar-refractivity contribution in [1.82, 2.24) is 31.1 Å². The second kappa shape index (κ2) is 34.1. The molecule has 0 unspecified atom stereocenters. The van der Waals surface area contributed by atoms with Crippen LogP contribution < -0.4 is 32.3 Å². The van der Waals surface area contributed by atoms with Gasteiger partial charge in [0.2, 0.25) is 17.7 Å². The van der Waals surface area contributed by atoms with Crippen molar-refractivity contribution in [1.29, 1.82) is 0 Å². The van der Waals surface area contributed by atoms with Gasteiger partial charge in [-0.05, 0) is 87.8 Å². The summed E-state index contributed by atoms with van der Waals surface area (Å²) in [5.41, 5.74) is -2.45. The average molecular weight is 1450 g/mol. The van der Waals surface area contributed by atoms with E-state index in [0.29, 0.717) is 11.3 Å². The highest BCUT2D eigenvalue weighted by Crippen LogP contribution is 2.67. The van der Waals surface area contributed by atoms with Gasteiger partial charge >= 0.3 is 36.2 Å². The third-order valence-corrected chi connectivity index (χ3v) is 20.4. The van der Waals surface area contributed by atoms with E-state index >= 15 is 4.79 Å². The molecule has 3 aromatic rings. The molecule has 1 heterocycles. The van der Waals surface area contributed by atoms with Crippen LogP contribution in [0.3, 0.4) is 0 Å². The van der Waals surface area contributed by atoms with Crippen molar-refractivity contribution in [3.05, 3.63) is 113 Å². The number of nitrogens with one attached hydrogen (secondary N) is 5. The number of alkyl carbamates (subject to hydrolysis) is 1. The van der Waals surface area contributed by atoms with Crippen LogP contribution in [0.1, 0.15) is 156 Å². The molecule has 13 atom stereocenters. The maximum absolute atomic E-state index is 16.1. The quantitative estimate of drug-likeness (QED) is 0.0121. The number of ketones is 3. The van der Waals surface area contributed by atoms with Crippen LogP contribution >= 0.6 is 0 Å². The summed E-state index contributed by atoms with van der Waals surface area (Å²) in [5, 5.41) is 52.2. The fourth-order valence-electron chi connectivity index (χ4n) is 14.6. The SMILES string of the molecule is CC(=O)O[C@@]12CO[C@@H]1C[C@H](OC(=O)N(C)CCN(C)C(=O)OCc1ccc(NC(=O)[C@H](CCCNC(N)=O)NC(=O)[C@@H](NC(=O)CCC(=O)C(C)C)C(C)C)cc1)[C@@]1(C)C(=O)[C@H](O)C3=C(C)[C@@H](OC(=O)[C@H](O)[C@@H](NC(=O)OC(C)(C)C)c4ccccc4)C[C@@](O)([C@@H](CC(=O)c4ccccc4)[C@H]21)C3(C)C. The fraction of sp³-hybridized carbons (Fsp3) is 0.573. The van der Waals surface area contributed by atoms with Crippen LogP contribution in [0.25, 0.3) is 0 Å². The van der Waals surface area contributed by atoms with Crippen molar-refractivity contribution in [3.8, 4) is 0 Å². The molecule has 104 heavy (non-hydrogen) atoms. The molecule has 8 amide bonds. The summed E-state index contributed by atoms with van der Waals surface area (Å²) in [4.78, 5) is 167. The summed E-state index contributed by atoms with van der Waals surface area (Å²) in [6.07, 6.45) is -12.5. The molecule has 568 valence electrons. The Kier molecular flexibility index (Phi) is 26.9. The van der Waals surface area contributed by atoms with Crippen LogP contribution in [0.15, 0.2) is 96.1 Å². The number of ether oxygens (including phenoxy) is 6. The lowest BCUT2D eigenvalue weighted by Crippen LogP contribution is -2.80. The van der Waals surface area contributed by atoms with Crippen LogP contribution in [-0.4, -0.2) is 196 Å². The Morgan fingerprint density at radius 2 is 1.41 bits per heavy atom. The van der Waals surface area contributed by atoms with Gasteiger partial charge in [0.15, 0.2) is 23.3 Å². The number of hydrogen-bond acceptors (Lipinski definition) is 21. The number of likely N-dealkylation sites (N-methyl/N-ethyl adjacent to an activating group) is 2. The van der Waals surface area contributed by atoms with Crippen LogP contribution in [0, 0.1) is 34.5 Å². The molecule has 0 radical (unpaired) electrons. The molecule has 10 N–H and O–H groups in total. The Balaban J connectivity index is 1.09. The van der Waals surface area contributed by atoms with Gasteiger partial charge in [0, 0.05) is 107 Å². The van der Waals surface area contributed by atoms with Crippen molar-refractivity contribution in [2.75, 3.05) is 45.7 Å². The number of esters is 2. The topological polar surface area (TPSA) is 414 Å². The van der Waals surface area contributed by atoms with E-state index in [9.17, 15) is 68.1 Å². The van der Waals surface area contributed by atoms with Crippen LogP contribution in [0.5, 0.6) is 0 Å².